The molecule has 0 aliphatic rings. The second-order valence-corrected chi connectivity index (χ2v) is 3.11. The average Bonchev–Trinajstić information content (AvgIpc) is 2.65. The van der Waals surface area contributed by atoms with Gasteiger partial charge in [-0.15, -0.1) is 0 Å². The summed E-state index contributed by atoms with van der Waals surface area (Å²) in [6.45, 7) is 0. The SMILES string of the molecule is CNc1cncc(-c2cnn(C)c2)c1. The van der Waals surface area contributed by atoms with Crippen LogP contribution in [0.4, 0.5) is 5.69 Å². The van der Waals surface area contributed by atoms with Crippen molar-refractivity contribution in [3.05, 3.63) is 30.9 Å². The first kappa shape index (κ1) is 8.74. The lowest BCUT2D eigenvalue weighted by Gasteiger charge is -2.01. The standard InChI is InChI=1S/C10H12N4/c1-11-10-3-8(4-12-6-10)9-5-13-14(2)7-9/h3-7,11H,1-2H3. The predicted molar refractivity (Wildman–Crippen MR) is 56.0 cm³/mol. The van der Waals surface area contributed by atoms with E-state index in [9.17, 15) is 0 Å². The first-order valence-corrected chi connectivity index (χ1v) is 4.41. The first-order valence-electron chi connectivity index (χ1n) is 4.41. The van der Waals surface area contributed by atoms with E-state index in [1.165, 1.54) is 0 Å². The van der Waals surface area contributed by atoms with E-state index in [2.05, 4.69) is 15.4 Å². The zero-order valence-electron chi connectivity index (χ0n) is 8.23. The molecule has 0 aromatic carbocycles. The number of pyridine rings is 1. The van der Waals surface area contributed by atoms with Gasteiger partial charge in [-0.1, -0.05) is 0 Å². The number of nitrogens with zero attached hydrogens (tertiary/aromatic N) is 3. The fourth-order valence-electron chi connectivity index (χ4n) is 1.30. The summed E-state index contributed by atoms with van der Waals surface area (Å²) in [5.74, 6) is 0. The third-order valence-corrected chi connectivity index (χ3v) is 2.07. The number of anilines is 1. The Kier molecular flexibility index (Phi) is 2.18. The summed E-state index contributed by atoms with van der Waals surface area (Å²) in [6.07, 6.45) is 7.42. The third kappa shape index (κ3) is 1.59. The van der Waals surface area contributed by atoms with E-state index in [1.54, 1.807) is 10.9 Å². The Morgan fingerprint density at radius 2 is 2.07 bits per heavy atom. The van der Waals surface area contributed by atoms with Crippen LogP contribution in [0.2, 0.25) is 0 Å². The van der Waals surface area contributed by atoms with Crippen LogP contribution in [0.15, 0.2) is 30.9 Å². The molecule has 2 aromatic rings. The molecular formula is C10H12N4. The van der Waals surface area contributed by atoms with Crippen LogP contribution in [0.5, 0.6) is 0 Å². The van der Waals surface area contributed by atoms with E-state index in [1.807, 2.05) is 38.8 Å². The number of hydrogen-bond donors (Lipinski definition) is 1. The topological polar surface area (TPSA) is 42.7 Å². The largest absolute Gasteiger partial charge is 0.387 e. The van der Waals surface area contributed by atoms with Crippen LogP contribution in [0.25, 0.3) is 11.1 Å². The maximum atomic E-state index is 4.14. The minimum absolute atomic E-state index is 1.01. The number of rotatable bonds is 2. The molecule has 0 amide bonds. The van der Waals surface area contributed by atoms with Gasteiger partial charge in [-0.05, 0) is 6.07 Å². The van der Waals surface area contributed by atoms with E-state index in [0.717, 1.165) is 16.8 Å². The van der Waals surface area contributed by atoms with Gasteiger partial charge in [-0.3, -0.25) is 9.67 Å². The zero-order chi connectivity index (χ0) is 9.97. The lowest BCUT2D eigenvalue weighted by atomic mass is 10.1. The van der Waals surface area contributed by atoms with Gasteiger partial charge in [0, 0.05) is 43.8 Å². The third-order valence-electron chi connectivity index (χ3n) is 2.07. The van der Waals surface area contributed by atoms with Gasteiger partial charge in [0.25, 0.3) is 0 Å². The second-order valence-electron chi connectivity index (χ2n) is 3.11. The van der Waals surface area contributed by atoms with E-state index >= 15 is 0 Å². The highest BCUT2D eigenvalue weighted by Gasteiger charge is 2.00. The molecule has 0 radical (unpaired) electrons. The second kappa shape index (κ2) is 3.49. The summed E-state index contributed by atoms with van der Waals surface area (Å²) in [5, 5.41) is 7.17. The van der Waals surface area contributed by atoms with Crippen LogP contribution < -0.4 is 5.32 Å². The molecule has 4 heteroatoms. The van der Waals surface area contributed by atoms with Gasteiger partial charge in [0.15, 0.2) is 0 Å². The minimum Gasteiger partial charge on any atom is -0.387 e. The van der Waals surface area contributed by atoms with Crippen molar-refractivity contribution in [2.45, 2.75) is 0 Å². The Bertz CT molecular complexity index is 433. The molecule has 0 aliphatic carbocycles. The van der Waals surface area contributed by atoms with Crippen molar-refractivity contribution in [3.8, 4) is 11.1 Å². The Morgan fingerprint density at radius 1 is 1.21 bits per heavy atom. The van der Waals surface area contributed by atoms with Gasteiger partial charge in [0.2, 0.25) is 0 Å². The smallest absolute Gasteiger partial charge is 0.0568 e. The molecule has 0 spiro atoms. The highest BCUT2D eigenvalue weighted by molar-refractivity contribution is 5.65. The molecule has 72 valence electrons. The lowest BCUT2D eigenvalue weighted by molar-refractivity contribution is 0.768. The van der Waals surface area contributed by atoms with Crippen molar-refractivity contribution >= 4 is 5.69 Å². The Balaban J connectivity index is 2.41. The molecule has 0 aliphatic heterocycles. The van der Waals surface area contributed by atoms with Crippen molar-refractivity contribution in [1.82, 2.24) is 14.8 Å². The minimum atomic E-state index is 1.01. The van der Waals surface area contributed by atoms with Gasteiger partial charge >= 0.3 is 0 Å². The van der Waals surface area contributed by atoms with E-state index < -0.39 is 0 Å². The molecule has 0 saturated carbocycles. The summed E-state index contributed by atoms with van der Waals surface area (Å²) in [4.78, 5) is 4.14. The van der Waals surface area contributed by atoms with Crippen LogP contribution >= 0.6 is 0 Å². The number of nitrogens with one attached hydrogen (secondary N) is 1. The van der Waals surface area contributed by atoms with Crippen molar-refractivity contribution in [2.24, 2.45) is 7.05 Å². The van der Waals surface area contributed by atoms with Gasteiger partial charge in [-0.25, -0.2) is 0 Å². The van der Waals surface area contributed by atoms with Crippen molar-refractivity contribution < 1.29 is 0 Å². The number of hydrogen-bond acceptors (Lipinski definition) is 3. The fourth-order valence-corrected chi connectivity index (χ4v) is 1.30. The molecule has 14 heavy (non-hydrogen) atoms. The highest BCUT2D eigenvalue weighted by Crippen LogP contribution is 2.19. The predicted octanol–water partition coefficient (Wildman–Crippen LogP) is 1.52. The fraction of sp³-hybridized carbons (Fsp3) is 0.200. The van der Waals surface area contributed by atoms with Gasteiger partial charge in [-0.2, -0.15) is 5.10 Å². The molecule has 0 atom stereocenters. The van der Waals surface area contributed by atoms with Crippen LogP contribution in [-0.4, -0.2) is 21.8 Å². The maximum absolute atomic E-state index is 4.14. The highest BCUT2D eigenvalue weighted by atomic mass is 15.2. The molecule has 0 bridgehead atoms. The number of aromatic nitrogens is 3. The lowest BCUT2D eigenvalue weighted by Crippen LogP contribution is -1.89. The zero-order valence-corrected chi connectivity index (χ0v) is 8.23. The van der Waals surface area contributed by atoms with Gasteiger partial charge in [0.05, 0.1) is 11.9 Å². The molecule has 1 N–H and O–H groups in total. The Labute approximate surface area is 82.6 Å². The average molecular weight is 188 g/mol. The Morgan fingerprint density at radius 3 is 2.71 bits per heavy atom. The van der Waals surface area contributed by atoms with Crippen LogP contribution in [-0.2, 0) is 7.05 Å². The number of aryl methyl sites for hydroxylation is 1. The van der Waals surface area contributed by atoms with Crippen molar-refractivity contribution in [2.75, 3.05) is 12.4 Å². The van der Waals surface area contributed by atoms with Crippen LogP contribution in [0.1, 0.15) is 0 Å². The van der Waals surface area contributed by atoms with E-state index in [-0.39, 0.29) is 0 Å². The molecule has 4 nitrogen and oxygen atoms in total. The molecular weight excluding hydrogens is 176 g/mol. The maximum Gasteiger partial charge on any atom is 0.0568 e. The molecule has 2 aromatic heterocycles. The quantitative estimate of drug-likeness (QED) is 0.777. The normalized spacial score (nSPS) is 10.1. The van der Waals surface area contributed by atoms with Gasteiger partial charge < -0.3 is 5.32 Å². The van der Waals surface area contributed by atoms with Crippen molar-refractivity contribution in [1.29, 1.82) is 0 Å². The summed E-state index contributed by atoms with van der Waals surface area (Å²) in [6, 6.07) is 2.05. The Hall–Kier alpha value is -1.84. The van der Waals surface area contributed by atoms with E-state index in [0.29, 0.717) is 0 Å². The summed E-state index contributed by atoms with van der Waals surface area (Å²) in [7, 11) is 3.78. The molecule has 2 heterocycles. The first-order chi connectivity index (χ1) is 6.79. The van der Waals surface area contributed by atoms with Gasteiger partial charge in [0.1, 0.15) is 0 Å². The summed E-state index contributed by atoms with van der Waals surface area (Å²) < 4.78 is 1.78. The molecule has 0 unspecified atom stereocenters. The van der Waals surface area contributed by atoms with Crippen LogP contribution in [0.3, 0.4) is 0 Å². The monoisotopic (exact) mass is 188 g/mol. The summed E-state index contributed by atoms with van der Waals surface area (Å²) >= 11 is 0. The van der Waals surface area contributed by atoms with E-state index in [4.69, 9.17) is 0 Å². The van der Waals surface area contributed by atoms with Crippen LogP contribution in [0, 0.1) is 0 Å². The summed E-state index contributed by atoms with van der Waals surface area (Å²) in [5.41, 5.74) is 3.16. The van der Waals surface area contributed by atoms with Crippen molar-refractivity contribution in [3.63, 3.8) is 0 Å². The molecule has 0 saturated heterocycles. The molecule has 0 fully saturated rings. The molecule has 2 rings (SSSR count).